The maximum Gasteiger partial charge on any atom is 0.240 e. The van der Waals surface area contributed by atoms with E-state index in [9.17, 15) is 4.79 Å². The van der Waals surface area contributed by atoms with E-state index in [2.05, 4.69) is 32.3 Å². The van der Waals surface area contributed by atoms with Gasteiger partial charge in [-0.1, -0.05) is 30.3 Å². The largest absolute Gasteiger partial charge is 0.347 e. The minimum atomic E-state index is -0.0186. The summed E-state index contributed by atoms with van der Waals surface area (Å²) < 4.78 is 0. The lowest BCUT2D eigenvalue weighted by Crippen LogP contribution is -2.40. The molecule has 1 fully saturated rings. The standard InChI is InChI=1S/C23H28N6OS/c1-16-12-25-23(31-16)26-20(30)15-29-11-7-10-18(14-29)21-19(17-8-5-4-6-9-17)13-24-22(27-21)28(2)3/h4-6,8-9,12-13,18H,7,10-11,14-15H2,1-3H3,(H,25,26,30)/t18-/m1/s1. The fraction of sp³-hybridized carbons (Fsp3) is 0.391. The van der Waals surface area contributed by atoms with Gasteiger partial charge in [-0.2, -0.15) is 0 Å². The Morgan fingerprint density at radius 3 is 2.74 bits per heavy atom. The first-order chi connectivity index (χ1) is 15.0. The van der Waals surface area contributed by atoms with Crippen molar-refractivity contribution >= 4 is 28.3 Å². The number of benzene rings is 1. The van der Waals surface area contributed by atoms with Crippen LogP contribution in [-0.4, -0.2) is 59.5 Å². The summed E-state index contributed by atoms with van der Waals surface area (Å²) in [6.07, 6.45) is 5.79. The zero-order valence-electron chi connectivity index (χ0n) is 18.2. The van der Waals surface area contributed by atoms with Crippen LogP contribution in [0, 0.1) is 6.92 Å². The number of nitrogens with one attached hydrogen (secondary N) is 1. The van der Waals surface area contributed by atoms with Crippen LogP contribution in [0.2, 0.25) is 0 Å². The quantitative estimate of drug-likeness (QED) is 0.634. The molecule has 1 amide bonds. The molecular weight excluding hydrogens is 408 g/mol. The van der Waals surface area contributed by atoms with Crippen molar-refractivity contribution in [1.82, 2.24) is 19.9 Å². The Labute approximate surface area is 187 Å². The van der Waals surface area contributed by atoms with Crippen molar-refractivity contribution in [3.05, 3.63) is 53.3 Å². The molecule has 162 valence electrons. The number of carbonyl (C=O) groups excluding carboxylic acids is 1. The van der Waals surface area contributed by atoms with Crippen LogP contribution in [0.25, 0.3) is 11.1 Å². The third kappa shape index (κ3) is 5.26. The van der Waals surface area contributed by atoms with Gasteiger partial charge < -0.3 is 10.2 Å². The maximum absolute atomic E-state index is 12.5. The second-order valence-electron chi connectivity index (χ2n) is 8.13. The minimum absolute atomic E-state index is 0.0186. The van der Waals surface area contributed by atoms with Crippen LogP contribution >= 0.6 is 11.3 Å². The van der Waals surface area contributed by atoms with Crippen LogP contribution in [0.3, 0.4) is 0 Å². The van der Waals surface area contributed by atoms with Crippen LogP contribution in [0.1, 0.15) is 29.3 Å². The van der Waals surface area contributed by atoms with E-state index in [1.807, 2.05) is 50.3 Å². The van der Waals surface area contributed by atoms with Gasteiger partial charge in [0.1, 0.15) is 0 Å². The van der Waals surface area contributed by atoms with Crippen molar-refractivity contribution in [2.75, 3.05) is 43.9 Å². The summed E-state index contributed by atoms with van der Waals surface area (Å²) in [5.74, 6) is 0.944. The molecule has 0 spiro atoms. The first kappa shape index (κ1) is 21.4. The van der Waals surface area contributed by atoms with Gasteiger partial charge in [0.2, 0.25) is 11.9 Å². The number of anilines is 2. The van der Waals surface area contributed by atoms with Crippen molar-refractivity contribution in [1.29, 1.82) is 0 Å². The fourth-order valence-corrected chi connectivity index (χ4v) is 4.63. The monoisotopic (exact) mass is 436 g/mol. The van der Waals surface area contributed by atoms with Gasteiger partial charge in [-0.25, -0.2) is 15.0 Å². The molecule has 3 heterocycles. The Morgan fingerprint density at radius 1 is 1.23 bits per heavy atom. The predicted molar refractivity (Wildman–Crippen MR) is 126 cm³/mol. The Hall–Kier alpha value is -2.84. The number of thiazole rings is 1. The number of nitrogens with zero attached hydrogens (tertiary/aromatic N) is 5. The average molecular weight is 437 g/mol. The van der Waals surface area contributed by atoms with Crippen LogP contribution in [0.4, 0.5) is 11.1 Å². The number of rotatable bonds is 6. The van der Waals surface area contributed by atoms with Crippen LogP contribution in [0.5, 0.6) is 0 Å². The fourth-order valence-electron chi connectivity index (χ4n) is 3.95. The molecule has 31 heavy (non-hydrogen) atoms. The van der Waals surface area contributed by atoms with E-state index in [0.717, 1.165) is 47.6 Å². The molecule has 1 aromatic carbocycles. The normalized spacial score (nSPS) is 16.8. The predicted octanol–water partition coefficient (Wildman–Crippen LogP) is 3.79. The molecule has 8 heteroatoms. The van der Waals surface area contributed by atoms with Gasteiger partial charge in [0.25, 0.3) is 0 Å². The van der Waals surface area contributed by atoms with Gasteiger partial charge in [0, 0.05) is 49.4 Å². The smallest absolute Gasteiger partial charge is 0.240 e. The number of amides is 1. The Kier molecular flexibility index (Phi) is 6.58. The Bertz CT molecular complexity index is 1040. The van der Waals surface area contributed by atoms with E-state index in [4.69, 9.17) is 4.98 Å². The first-order valence-electron chi connectivity index (χ1n) is 10.5. The number of likely N-dealkylation sites (tertiary alicyclic amines) is 1. The number of aromatic nitrogens is 3. The van der Waals surface area contributed by atoms with Crippen LogP contribution < -0.4 is 10.2 Å². The number of hydrogen-bond donors (Lipinski definition) is 1. The third-order valence-electron chi connectivity index (χ3n) is 5.42. The van der Waals surface area contributed by atoms with E-state index in [1.165, 1.54) is 11.3 Å². The molecule has 4 rings (SSSR count). The minimum Gasteiger partial charge on any atom is -0.347 e. The topological polar surface area (TPSA) is 74.2 Å². The molecule has 7 nitrogen and oxygen atoms in total. The van der Waals surface area contributed by atoms with E-state index in [-0.39, 0.29) is 11.8 Å². The highest BCUT2D eigenvalue weighted by Gasteiger charge is 2.27. The van der Waals surface area contributed by atoms with Crippen molar-refractivity contribution in [2.45, 2.75) is 25.7 Å². The van der Waals surface area contributed by atoms with E-state index >= 15 is 0 Å². The van der Waals surface area contributed by atoms with Gasteiger partial charge in [-0.3, -0.25) is 9.69 Å². The molecule has 1 atom stereocenters. The number of aryl methyl sites for hydroxylation is 1. The zero-order valence-corrected chi connectivity index (χ0v) is 19.0. The second-order valence-corrected chi connectivity index (χ2v) is 9.36. The zero-order chi connectivity index (χ0) is 21.8. The second kappa shape index (κ2) is 9.53. The SMILES string of the molecule is Cc1cnc(NC(=O)CN2CCC[C@@H](c3nc(N(C)C)ncc3-c3ccccc3)C2)s1. The summed E-state index contributed by atoms with van der Waals surface area (Å²) in [4.78, 5) is 31.5. The van der Waals surface area contributed by atoms with Crippen LogP contribution in [-0.2, 0) is 4.79 Å². The number of piperidine rings is 1. The summed E-state index contributed by atoms with van der Waals surface area (Å²) in [5.41, 5.74) is 3.25. The maximum atomic E-state index is 12.5. The van der Waals surface area contributed by atoms with Crippen LogP contribution in [0.15, 0.2) is 42.7 Å². The lowest BCUT2D eigenvalue weighted by Gasteiger charge is -2.33. The summed E-state index contributed by atoms with van der Waals surface area (Å²) in [6, 6.07) is 10.3. The molecule has 1 aliphatic heterocycles. The average Bonchev–Trinajstić information content (AvgIpc) is 3.18. The lowest BCUT2D eigenvalue weighted by molar-refractivity contribution is -0.117. The highest BCUT2D eigenvalue weighted by molar-refractivity contribution is 7.15. The van der Waals surface area contributed by atoms with E-state index in [1.54, 1.807) is 6.20 Å². The number of hydrogen-bond acceptors (Lipinski definition) is 7. The van der Waals surface area contributed by atoms with Gasteiger partial charge in [0.05, 0.1) is 12.2 Å². The van der Waals surface area contributed by atoms with Gasteiger partial charge in [-0.05, 0) is 31.9 Å². The van der Waals surface area contributed by atoms with E-state index < -0.39 is 0 Å². The molecule has 0 radical (unpaired) electrons. The molecule has 1 N–H and O–H groups in total. The molecule has 3 aromatic rings. The summed E-state index contributed by atoms with van der Waals surface area (Å²) >= 11 is 1.50. The summed E-state index contributed by atoms with van der Waals surface area (Å²) in [6.45, 7) is 4.05. The molecule has 1 saturated heterocycles. The first-order valence-corrected chi connectivity index (χ1v) is 11.4. The molecule has 0 saturated carbocycles. The molecule has 2 aromatic heterocycles. The summed E-state index contributed by atoms with van der Waals surface area (Å²) in [5, 5.41) is 3.58. The molecule has 0 aliphatic carbocycles. The Balaban J connectivity index is 1.53. The highest BCUT2D eigenvalue weighted by Crippen LogP contribution is 2.33. The van der Waals surface area contributed by atoms with Crippen molar-refractivity contribution in [3.63, 3.8) is 0 Å². The van der Waals surface area contributed by atoms with E-state index in [0.29, 0.717) is 17.6 Å². The highest BCUT2D eigenvalue weighted by atomic mass is 32.1. The molecule has 0 unspecified atom stereocenters. The van der Waals surface area contributed by atoms with Crippen molar-refractivity contribution in [3.8, 4) is 11.1 Å². The van der Waals surface area contributed by atoms with Crippen molar-refractivity contribution < 1.29 is 4.79 Å². The van der Waals surface area contributed by atoms with Gasteiger partial charge in [0.15, 0.2) is 5.13 Å². The molecule has 0 bridgehead atoms. The Morgan fingerprint density at radius 2 is 2.03 bits per heavy atom. The molecule has 1 aliphatic rings. The molecular formula is C23H28N6OS. The van der Waals surface area contributed by atoms with Gasteiger partial charge >= 0.3 is 0 Å². The lowest BCUT2D eigenvalue weighted by atomic mass is 9.90. The summed E-state index contributed by atoms with van der Waals surface area (Å²) in [7, 11) is 3.91. The third-order valence-corrected chi connectivity index (χ3v) is 6.25. The van der Waals surface area contributed by atoms with Gasteiger partial charge in [-0.15, -0.1) is 11.3 Å². The number of carbonyl (C=O) groups is 1. The van der Waals surface area contributed by atoms with Crippen molar-refractivity contribution in [2.24, 2.45) is 0 Å².